The van der Waals surface area contributed by atoms with E-state index in [1.165, 1.54) is 12.0 Å². The van der Waals surface area contributed by atoms with Gasteiger partial charge in [-0.05, 0) is 5.56 Å². The van der Waals surface area contributed by atoms with Gasteiger partial charge in [0.15, 0.2) is 6.40 Å². The summed E-state index contributed by atoms with van der Waals surface area (Å²) in [5.74, 6) is 0. The van der Waals surface area contributed by atoms with E-state index >= 15 is 0 Å². The number of nitrogens with zero attached hydrogens (tertiary/aromatic N) is 1. The van der Waals surface area contributed by atoms with Crippen LogP contribution >= 0.6 is 0 Å². The number of hydrogen-bond acceptors (Lipinski definition) is 2. The van der Waals surface area contributed by atoms with Crippen molar-refractivity contribution < 1.29 is 4.74 Å². The molecule has 1 aliphatic heterocycles. The molecule has 0 N–H and O–H groups in total. The lowest BCUT2D eigenvalue weighted by molar-refractivity contribution is 0.361. The molecule has 0 atom stereocenters. The van der Waals surface area contributed by atoms with E-state index in [0.29, 0.717) is 0 Å². The standard InChI is InChI=1S/C8H8.C3H5NO.C2H4/c1-2-8-6-4-3-5-7-8;1-2-5-3-4-1;1-2/h2-7H,1H2;3H,1-2H2;1-2H2. The number of ether oxygens (including phenoxy) is 1. The second kappa shape index (κ2) is 10.3. The third-order valence-corrected chi connectivity index (χ3v) is 1.52. The molecule has 0 amide bonds. The quantitative estimate of drug-likeness (QED) is 0.642. The Hall–Kier alpha value is -1.83. The number of rotatable bonds is 1. The third kappa shape index (κ3) is 7.26. The fourth-order valence-corrected chi connectivity index (χ4v) is 0.853. The molecule has 0 radical (unpaired) electrons. The maximum atomic E-state index is 4.65. The van der Waals surface area contributed by atoms with Crippen molar-refractivity contribution in [2.24, 2.45) is 4.99 Å². The first-order chi connectivity index (χ1) is 7.43. The first-order valence-electron chi connectivity index (χ1n) is 4.71. The smallest absolute Gasteiger partial charge is 0.169 e. The summed E-state index contributed by atoms with van der Waals surface area (Å²) in [6.07, 6.45) is 3.32. The number of benzene rings is 1. The van der Waals surface area contributed by atoms with Crippen LogP contribution in [0.15, 0.2) is 55.1 Å². The fraction of sp³-hybridized carbons (Fsp3) is 0.154. The Morgan fingerprint density at radius 1 is 1.20 bits per heavy atom. The van der Waals surface area contributed by atoms with E-state index in [2.05, 4.69) is 29.5 Å². The lowest BCUT2D eigenvalue weighted by atomic mass is 10.2. The van der Waals surface area contributed by atoms with Gasteiger partial charge in [0.25, 0.3) is 0 Å². The summed E-state index contributed by atoms with van der Waals surface area (Å²) >= 11 is 0. The molecule has 0 fully saturated rings. The van der Waals surface area contributed by atoms with Crippen LogP contribution in [0.2, 0.25) is 0 Å². The molecule has 1 aliphatic rings. The highest BCUT2D eigenvalue weighted by molar-refractivity contribution is 5.47. The SMILES string of the molecule is C1=NCCO1.C=C.C=Cc1ccccc1. The van der Waals surface area contributed by atoms with Gasteiger partial charge in [0.1, 0.15) is 6.61 Å². The Bertz CT molecular complexity index is 274. The van der Waals surface area contributed by atoms with E-state index in [1.807, 2.05) is 36.4 Å². The number of hydrogen-bond donors (Lipinski definition) is 0. The second-order valence-corrected chi connectivity index (χ2v) is 2.50. The summed E-state index contributed by atoms with van der Waals surface area (Å²) in [5, 5.41) is 0. The molecule has 0 bridgehead atoms. The Balaban J connectivity index is 0.000000241. The van der Waals surface area contributed by atoms with Gasteiger partial charge in [-0.1, -0.05) is 43.0 Å². The molecule has 2 heteroatoms. The van der Waals surface area contributed by atoms with E-state index in [1.54, 1.807) is 0 Å². The lowest BCUT2D eigenvalue weighted by Gasteiger charge is -1.85. The third-order valence-electron chi connectivity index (χ3n) is 1.52. The molecule has 1 aromatic rings. The van der Waals surface area contributed by atoms with Crippen molar-refractivity contribution in [2.75, 3.05) is 13.2 Å². The molecular formula is C13H17NO. The van der Waals surface area contributed by atoms with Gasteiger partial charge < -0.3 is 4.74 Å². The fourth-order valence-electron chi connectivity index (χ4n) is 0.853. The second-order valence-electron chi connectivity index (χ2n) is 2.50. The van der Waals surface area contributed by atoms with Gasteiger partial charge in [0.05, 0.1) is 6.54 Å². The van der Waals surface area contributed by atoms with Crippen LogP contribution in [0, 0.1) is 0 Å². The van der Waals surface area contributed by atoms with Gasteiger partial charge in [0, 0.05) is 0 Å². The highest BCUT2D eigenvalue weighted by atomic mass is 16.5. The van der Waals surface area contributed by atoms with E-state index in [9.17, 15) is 0 Å². The summed E-state index contributed by atoms with van der Waals surface area (Å²) in [7, 11) is 0. The molecule has 0 unspecified atom stereocenters. The highest BCUT2D eigenvalue weighted by Gasteiger charge is 1.84. The Kier molecular flexibility index (Phi) is 9.00. The molecule has 1 heterocycles. The average Bonchev–Trinajstić information content (AvgIpc) is 2.92. The van der Waals surface area contributed by atoms with Gasteiger partial charge in [-0.3, -0.25) is 4.99 Å². The number of aliphatic imine (C=N–C) groups is 1. The van der Waals surface area contributed by atoms with Crippen LogP contribution in [0.3, 0.4) is 0 Å². The molecule has 80 valence electrons. The average molecular weight is 203 g/mol. The predicted molar refractivity (Wildman–Crippen MR) is 67.1 cm³/mol. The summed E-state index contributed by atoms with van der Waals surface area (Å²) in [6, 6.07) is 10.0. The maximum absolute atomic E-state index is 4.65. The zero-order chi connectivity index (χ0) is 11.4. The molecule has 0 aromatic heterocycles. The zero-order valence-corrected chi connectivity index (χ0v) is 8.93. The Morgan fingerprint density at radius 3 is 2.13 bits per heavy atom. The van der Waals surface area contributed by atoms with Gasteiger partial charge >= 0.3 is 0 Å². The molecule has 2 nitrogen and oxygen atoms in total. The van der Waals surface area contributed by atoms with Crippen molar-refractivity contribution in [3.05, 3.63) is 55.6 Å². The van der Waals surface area contributed by atoms with Crippen molar-refractivity contribution >= 4 is 12.5 Å². The maximum Gasteiger partial charge on any atom is 0.169 e. The Morgan fingerprint density at radius 2 is 1.87 bits per heavy atom. The largest absolute Gasteiger partial charge is 0.482 e. The molecule has 0 aliphatic carbocycles. The van der Waals surface area contributed by atoms with Crippen LogP contribution in [0.1, 0.15) is 5.56 Å². The molecule has 2 rings (SSSR count). The van der Waals surface area contributed by atoms with Crippen LogP contribution in [0.4, 0.5) is 0 Å². The first kappa shape index (κ1) is 13.2. The first-order valence-corrected chi connectivity index (χ1v) is 4.71. The summed E-state index contributed by atoms with van der Waals surface area (Å²) in [4.78, 5) is 3.74. The normalized spacial score (nSPS) is 11.2. The van der Waals surface area contributed by atoms with Crippen LogP contribution in [-0.2, 0) is 4.74 Å². The predicted octanol–water partition coefficient (Wildman–Crippen LogP) is 3.18. The van der Waals surface area contributed by atoms with Gasteiger partial charge in [-0.15, -0.1) is 13.2 Å². The molecule has 1 aromatic carbocycles. The molecular weight excluding hydrogens is 186 g/mol. The van der Waals surface area contributed by atoms with Crippen molar-refractivity contribution in [3.8, 4) is 0 Å². The van der Waals surface area contributed by atoms with Crippen molar-refractivity contribution in [3.63, 3.8) is 0 Å². The zero-order valence-electron chi connectivity index (χ0n) is 8.93. The monoisotopic (exact) mass is 203 g/mol. The minimum atomic E-state index is 0.778. The van der Waals surface area contributed by atoms with E-state index < -0.39 is 0 Å². The van der Waals surface area contributed by atoms with Crippen molar-refractivity contribution in [2.45, 2.75) is 0 Å². The topological polar surface area (TPSA) is 21.6 Å². The van der Waals surface area contributed by atoms with Crippen LogP contribution in [-0.4, -0.2) is 19.6 Å². The summed E-state index contributed by atoms with van der Waals surface area (Å²) in [6.45, 7) is 11.3. The minimum absolute atomic E-state index is 0.778. The van der Waals surface area contributed by atoms with E-state index in [4.69, 9.17) is 0 Å². The van der Waals surface area contributed by atoms with Crippen LogP contribution in [0.5, 0.6) is 0 Å². The van der Waals surface area contributed by atoms with E-state index in [0.717, 1.165) is 13.2 Å². The van der Waals surface area contributed by atoms with Crippen molar-refractivity contribution in [1.82, 2.24) is 0 Å². The van der Waals surface area contributed by atoms with Gasteiger partial charge in [-0.2, -0.15) is 0 Å². The molecule has 0 spiro atoms. The minimum Gasteiger partial charge on any atom is -0.482 e. The summed E-state index contributed by atoms with van der Waals surface area (Å²) in [5.41, 5.74) is 1.17. The Labute approximate surface area is 91.6 Å². The molecule has 0 saturated carbocycles. The highest BCUT2D eigenvalue weighted by Crippen LogP contribution is 1.97. The van der Waals surface area contributed by atoms with Crippen molar-refractivity contribution in [1.29, 1.82) is 0 Å². The van der Waals surface area contributed by atoms with Gasteiger partial charge in [-0.25, -0.2) is 0 Å². The van der Waals surface area contributed by atoms with Crippen LogP contribution in [0.25, 0.3) is 6.08 Å². The van der Waals surface area contributed by atoms with Gasteiger partial charge in [0.2, 0.25) is 0 Å². The lowest BCUT2D eigenvalue weighted by Crippen LogP contribution is -1.80. The van der Waals surface area contributed by atoms with Crippen LogP contribution < -0.4 is 0 Å². The molecule has 0 saturated heterocycles. The molecule has 15 heavy (non-hydrogen) atoms. The van der Waals surface area contributed by atoms with E-state index in [-0.39, 0.29) is 0 Å². The summed E-state index contributed by atoms with van der Waals surface area (Å²) < 4.78 is 4.65.